The standard InChI is InChI=1S/C27H34N4O3.ClH/c1-18-19(2)25-22(20(3)24(18)32)10-11-27(4,34-25)26(33)31-15-13-30(14-16-31)12-6-5-7-21-8-9-23(28)29-17-21;/h8-9,17,32H,6,10-16H2,1-4H3,(H2,28,29);1H. The Morgan fingerprint density at radius 3 is 2.54 bits per heavy atom. The molecule has 0 saturated carbocycles. The molecule has 0 radical (unpaired) electrons. The fourth-order valence-electron chi connectivity index (χ4n) is 4.77. The molecule has 1 aromatic carbocycles. The molecular formula is C27H35ClN4O3. The summed E-state index contributed by atoms with van der Waals surface area (Å²) in [7, 11) is 0. The maximum atomic E-state index is 13.5. The first kappa shape index (κ1) is 26.7. The Balaban J connectivity index is 0.00000342. The Kier molecular flexibility index (Phi) is 8.19. The Bertz CT molecular complexity index is 1150. The number of nitrogen functional groups attached to an aromatic ring is 1. The van der Waals surface area contributed by atoms with Crippen molar-refractivity contribution >= 4 is 24.1 Å². The number of ether oxygens (including phenoxy) is 1. The van der Waals surface area contributed by atoms with Gasteiger partial charge in [0.05, 0.1) is 0 Å². The van der Waals surface area contributed by atoms with Crippen LogP contribution < -0.4 is 10.5 Å². The summed E-state index contributed by atoms with van der Waals surface area (Å²) in [6.45, 7) is 11.6. The molecule has 2 aliphatic heterocycles. The molecule has 2 aromatic rings. The summed E-state index contributed by atoms with van der Waals surface area (Å²) in [5, 5.41) is 10.4. The van der Waals surface area contributed by atoms with Crippen LogP contribution in [0, 0.1) is 32.6 Å². The van der Waals surface area contributed by atoms with Gasteiger partial charge in [0.25, 0.3) is 5.91 Å². The number of hydrogen-bond donors (Lipinski definition) is 2. The first-order valence-corrected chi connectivity index (χ1v) is 11.9. The van der Waals surface area contributed by atoms with E-state index in [9.17, 15) is 9.90 Å². The molecule has 35 heavy (non-hydrogen) atoms. The number of aromatic hydroxyl groups is 1. The number of hydrogen-bond acceptors (Lipinski definition) is 6. The van der Waals surface area contributed by atoms with Crippen LogP contribution in [0.3, 0.4) is 0 Å². The highest BCUT2D eigenvalue weighted by Crippen LogP contribution is 2.43. The lowest BCUT2D eigenvalue weighted by atomic mass is 9.86. The van der Waals surface area contributed by atoms with E-state index in [2.05, 4.69) is 21.7 Å². The van der Waals surface area contributed by atoms with Gasteiger partial charge in [-0.25, -0.2) is 4.98 Å². The van der Waals surface area contributed by atoms with Gasteiger partial charge in [0.15, 0.2) is 5.60 Å². The zero-order valence-corrected chi connectivity index (χ0v) is 21.8. The van der Waals surface area contributed by atoms with E-state index in [1.807, 2.05) is 38.7 Å². The second-order valence-electron chi connectivity index (χ2n) is 9.52. The third-order valence-corrected chi connectivity index (χ3v) is 7.20. The minimum absolute atomic E-state index is 0. The van der Waals surface area contributed by atoms with E-state index in [0.717, 1.165) is 66.0 Å². The number of phenols is 1. The highest BCUT2D eigenvalue weighted by molar-refractivity contribution is 5.86. The third kappa shape index (κ3) is 5.50. The van der Waals surface area contributed by atoms with E-state index >= 15 is 0 Å². The Labute approximate surface area is 214 Å². The van der Waals surface area contributed by atoms with Crippen LogP contribution >= 0.6 is 12.4 Å². The van der Waals surface area contributed by atoms with Gasteiger partial charge in [-0.3, -0.25) is 9.69 Å². The molecule has 188 valence electrons. The molecule has 0 spiro atoms. The molecule has 1 fully saturated rings. The number of halogens is 1. The number of nitrogens with two attached hydrogens (primary N) is 1. The summed E-state index contributed by atoms with van der Waals surface area (Å²) in [5.74, 6) is 7.96. The molecule has 4 rings (SSSR count). The molecule has 1 unspecified atom stereocenters. The van der Waals surface area contributed by atoms with E-state index in [0.29, 0.717) is 31.1 Å². The van der Waals surface area contributed by atoms with Crippen LogP contribution in [0.15, 0.2) is 18.3 Å². The molecular weight excluding hydrogens is 464 g/mol. The number of aromatic nitrogens is 1. The van der Waals surface area contributed by atoms with Crippen LogP contribution in [0.2, 0.25) is 0 Å². The first-order valence-electron chi connectivity index (χ1n) is 11.9. The highest BCUT2D eigenvalue weighted by Gasteiger charge is 2.43. The van der Waals surface area contributed by atoms with Gasteiger partial charge < -0.3 is 20.5 Å². The summed E-state index contributed by atoms with van der Waals surface area (Å²) in [4.78, 5) is 21.8. The van der Waals surface area contributed by atoms with Crippen LogP contribution in [-0.4, -0.2) is 64.1 Å². The maximum absolute atomic E-state index is 13.5. The van der Waals surface area contributed by atoms with Crippen molar-refractivity contribution in [1.82, 2.24) is 14.8 Å². The predicted molar refractivity (Wildman–Crippen MR) is 140 cm³/mol. The minimum Gasteiger partial charge on any atom is -0.507 e. The largest absolute Gasteiger partial charge is 0.507 e. The number of rotatable bonds is 3. The molecule has 1 amide bonds. The highest BCUT2D eigenvalue weighted by atomic mass is 35.5. The van der Waals surface area contributed by atoms with Crippen LogP contribution in [-0.2, 0) is 11.2 Å². The van der Waals surface area contributed by atoms with Gasteiger partial charge in [-0.2, -0.15) is 0 Å². The lowest BCUT2D eigenvalue weighted by Crippen LogP contribution is -2.57. The molecule has 3 N–H and O–H groups in total. The van der Waals surface area contributed by atoms with Gasteiger partial charge in [-0.05, 0) is 62.9 Å². The van der Waals surface area contributed by atoms with E-state index in [-0.39, 0.29) is 18.3 Å². The molecule has 7 nitrogen and oxygen atoms in total. The zero-order chi connectivity index (χ0) is 24.5. The number of benzene rings is 1. The average molecular weight is 499 g/mol. The first-order chi connectivity index (χ1) is 16.2. The summed E-state index contributed by atoms with van der Waals surface area (Å²) in [6.07, 6.45) is 3.78. The molecule has 1 aromatic heterocycles. The summed E-state index contributed by atoms with van der Waals surface area (Å²) >= 11 is 0. The van der Waals surface area contributed by atoms with Crippen LogP contribution in [0.1, 0.15) is 47.6 Å². The van der Waals surface area contributed by atoms with E-state index in [1.165, 1.54) is 0 Å². The quantitative estimate of drug-likeness (QED) is 0.630. The van der Waals surface area contributed by atoms with Crippen molar-refractivity contribution in [1.29, 1.82) is 0 Å². The fraction of sp³-hybridized carbons (Fsp3) is 0.481. The SMILES string of the molecule is Cc1c(C)c2c(c(C)c1O)CCC(C)(C(=O)N1CCN(CCC#Cc3ccc(N)nc3)CC1)O2.Cl. The van der Waals surface area contributed by atoms with E-state index < -0.39 is 5.60 Å². The van der Waals surface area contributed by atoms with Gasteiger partial charge in [0.1, 0.15) is 17.3 Å². The smallest absolute Gasteiger partial charge is 0.266 e. The molecule has 3 heterocycles. The molecule has 2 aliphatic rings. The molecule has 1 saturated heterocycles. The fourth-order valence-corrected chi connectivity index (χ4v) is 4.77. The molecule has 0 aliphatic carbocycles. The van der Waals surface area contributed by atoms with Crippen molar-refractivity contribution in [2.24, 2.45) is 0 Å². The lowest BCUT2D eigenvalue weighted by molar-refractivity contribution is -0.150. The van der Waals surface area contributed by atoms with E-state index in [1.54, 1.807) is 12.3 Å². The number of nitrogens with zero attached hydrogens (tertiary/aromatic N) is 3. The van der Waals surface area contributed by atoms with Gasteiger partial charge in [0, 0.05) is 62.9 Å². The van der Waals surface area contributed by atoms with Crippen LogP contribution in [0.25, 0.3) is 0 Å². The Morgan fingerprint density at radius 1 is 1.17 bits per heavy atom. The number of carbonyl (C=O) groups is 1. The molecule has 1 atom stereocenters. The van der Waals surface area contributed by atoms with Crippen LogP contribution in [0.4, 0.5) is 5.82 Å². The average Bonchev–Trinajstić information content (AvgIpc) is 2.85. The zero-order valence-electron chi connectivity index (χ0n) is 21.0. The summed E-state index contributed by atoms with van der Waals surface area (Å²) in [6, 6.07) is 3.63. The van der Waals surface area contributed by atoms with Gasteiger partial charge in [-0.1, -0.05) is 11.8 Å². The number of phenolic OH excluding ortho intramolecular Hbond substituents is 1. The second kappa shape index (κ2) is 10.8. The normalized spacial score (nSPS) is 19.6. The number of pyridine rings is 1. The lowest BCUT2D eigenvalue weighted by Gasteiger charge is -2.42. The number of anilines is 1. The van der Waals surface area contributed by atoms with E-state index in [4.69, 9.17) is 10.5 Å². The van der Waals surface area contributed by atoms with Gasteiger partial charge in [0.2, 0.25) is 0 Å². The van der Waals surface area contributed by atoms with Gasteiger partial charge in [-0.15, -0.1) is 12.4 Å². The number of fused-ring (bicyclic) bond motifs is 1. The number of carbonyl (C=O) groups excluding carboxylic acids is 1. The molecule has 8 heteroatoms. The van der Waals surface area contributed by atoms with Crippen molar-refractivity contribution in [3.8, 4) is 23.3 Å². The number of amides is 1. The Hall–Kier alpha value is -2.95. The predicted octanol–water partition coefficient (Wildman–Crippen LogP) is 3.39. The van der Waals surface area contributed by atoms with Crippen molar-refractivity contribution in [2.75, 3.05) is 38.5 Å². The van der Waals surface area contributed by atoms with Gasteiger partial charge >= 0.3 is 0 Å². The number of piperazine rings is 1. The monoisotopic (exact) mass is 498 g/mol. The topological polar surface area (TPSA) is 91.9 Å². The minimum atomic E-state index is -0.881. The van der Waals surface area contributed by atoms with Crippen molar-refractivity contribution < 1.29 is 14.6 Å². The van der Waals surface area contributed by atoms with Crippen molar-refractivity contribution in [3.05, 3.63) is 46.1 Å². The van der Waals surface area contributed by atoms with Crippen molar-refractivity contribution in [3.63, 3.8) is 0 Å². The molecule has 0 bridgehead atoms. The third-order valence-electron chi connectivity index (χ3n) is 7.20. The maximum Gasteiger partial charge on any atom is 0.266 e. The Morgan fingerprint density at radius 2 is 1.89 bits per heavy atom. The van der Waals surface area contributed by atoms with Crippen molar-refractivity contribution in [2.45, 2.75) is 52.6 Å². The second-order valence-corrected chi connectivity index (χ2v) is 9.52. The summed E-state index contributed by atoms with van der Waals surface area (Å²) in [5.41, 5.74) is 9.19. The summed E-state index contributed by atoms with van der Waals surface area (Å²) < 4.78 is 6.39. The van der Waals surface area contributed by atoms with Crippen LogP contribution in [0.5, 0.6) is 11.5 Å².